The van der Waals surface area contributed by atoms with Crippen LogP contribution in [0, 0.1) is 25.2 Å². The van der Waals surface area contributed by atoms with E-state index in [1.54, 1.807) is 39.0 Å². The molecule has 0 N–H and O–H groups in total. The number of alkyl halides is 2. The molecule has 0 aromatic heterocycles. The summed E-state index contributed by atoms with van der Waals surface area (Å²) in [6.45, 7) is 2.14. The molecule has 0 unspecified atom stereocenters. The van der Waals surface area contributed by atoms with Crippen molar-refractivity contribution in [3.05, 3.63) is 34.4 Å². The lowest BCUT2D eigenvalue weighted by Crippen LogP contribution is -2.20. The Kier molecular flexibility index (Phi) is 7.33. The second-order valence-electron chi connectivity index (χ2n) is 5.20. The molecule has 1 aromatic carbocycles. The van der Waals surface area contributed by atoms with Crippen LogP contribution in [-0.4, -0.2) is 32.4 Å². The normalized spacial score (nSPS) is 12.7. The van der Waals surface area contributed by atoms with E-state index in [0.717, 1.165) is 0 Å². The largest absolute Gasteiger partial charge is 0.456 e. The summed E-state index contributed by atoms with van der Waals surface area (Å²) in [5.74, 6) is -0.692. The van der Waals surface area contributed by atoms with Gasteiger partial charge in [0.2, 0.25) is 0 Å². The van der Waals surface area contributed by atoms with Gasteiger partial charge >= 0.3 is 12.6 Å². The van der Waals surface area contributed by atoms with Gasteiger partial charge in [-0.3, -0.25) is 0 Å². The molecule has 7 heteroatoms. The van der Waals surface area contributed by atoms with Crippen LogP contribution in [0.15, 0.2) is 17.7 Å². The van der Waals surface area contributed by atoms with Gasteiger partial charge in [0.1, 0.15) is 23.5 Å². The fourth-order valence-corrected chi connectivity index (χ4v) is 2.16. The minimum absolute atomic E-state index is 0.0805. The zero-order chi connectivity index (χ0) is 18.3. The van der Waals surface area contributed by atoms with Crippen LogP contribution in [0.4, 0.5) is 8.78 Å². The maximum atomic E-state index is 12.4. The van der Waals surface area contributed by atoms with Crippen LogP contribution in [0.3, 0.4) is 0 Å². The Morgan fingerprint density at radius 2 is 1.92 bits per heavy atom. The third-order valence-corrected chi connectivity index (χ3v) is 3.05. The lowest BCUT2D eigenvalue weighted by molar-refractivity contribution is -0.145. The van der Waals surface area contributed by atoms with Crippen LogP contribution in [0.25, 0.3) is 6.08 Å². The van der Waals surface area contributed by atoms with Crippen molar-refractivity contribution in [1.82, 2.24) is 0 Å². The number of benzene rings is 1. The fourth-order valence-electron chi connectivity index (χ4n) is 2.16. The molecule has 0 bridgehead atoms. The highest BCUT2D eigenvalue weighted by Crippen LogP contribution is 2.27. The first-order valence-electron chi connectivity index (χ1n) is 7.16. The summed E-state index contributed by atoms with van der Waals surface area (Å²) >= 11 is 0. The maximum Gasteiger partial charge on any atom is 0.387 e. The number of ether oxygens (including phenoxy) is 3. The van der Waals surface area contributed by atoms with Crippen molar-refractivity contribution < 1.29 is 27.8 Å². The highest BCUT2D eigenvalue weighted by atomic mass is 19.3. The van der Waals surface area contributed by atoms with Crippen LogP contribution in [0.2, 0.25) is 0 Å². The van der Waals surface area contributed by atoms with E-state index in [2.05, 4.69) is 4.74 Å². The Hall–Kier alpha value is -2.46. The molecular formula is C17H19F2NO4. The van der Waals surface area contributed by atoms with Gasteiger partial charge in [0.05, 0.1) is 6.61 Å². The summed E-state index contributed by atoms with van der Waals surface area (Å²) in [4.78, 5) is 12.0. The van der Waals surface area contributed by atoms with Gasteiger partial charge < -0.3 is 14.2 Å². The van der Waals surface area contributed by atoms with Crippen LogP contribution in [-0.2, 0) is 14.3 Å². The average molecular weight is 339 g/mol. The van der Waals surface area contributed by atoms with Crippen molar-refractivity contribution in [2.45, 2.75) is 33.5 Å². The third kappa shape index (κ3) is 5.63. The van der Waals surface area contributed by atoms with Crippen LogP contribution >= 0.6 is 0 Å². The quantitative estimate of drug-likeness (QED) is 0.433. The lowest BCUT2D eigenvalue weighted by atomic mass is 10.0. The molecule has 0 heterocycles. The van der Waals surface area contributed by atoms with Gasteiger partial charge in [0, 0.05) is 7.11 Å². The predicted molar refractivity (Wildman–Crippen MR) is 83.6 cm³/mol. The number of carbonyl (C=O) groups is 1. The van der Waals surface area contributed by atoms with Gasteiger partial charge in [-0.1, -0.05) is 0 Å². The van der Waals surface area contributed by atoms with Gasteiger partial charge in [-0.25, -0.2) is 4.79 Å². The Morgan fingerprint density at radius 3 is 2.38 bits per heavy atom. The molecule has 130 valence electrons. The molecule has 1 atom stereocenters. The van der Waals surface area contributed by atoms with Crippen LogP contribution in [0.5, 0.6) is 5.75 Å². The summed E-state index contributed by atoms with van der Waals surface area (Å²) in [6.07, 6.45) is 0.845. The van der Waals surface area contributed by atoms with Gasteiger partial charge in [0.25, 0.3) is 0 Å². The molecule has 0 fully saturated rings. The number of nitrogens with zero attached hydrogens (tertiary/aromatic N) is 1. The minimum Gasteiger partial charge on any atom is -0.456 e. The number of halogens is 2. The smallest absolute Gasteiger partial charge is 0.387 e. The molecule has 0 radical (unpaired) electrons. The molecule has 0 spiro atoms. The van der Waals surface area contributed by atoms with E-state index in [0.29, 0.717) is 16.7 Å². The highest BCUT2D eigenvalue weighted by Gasteiger charge is 2.16. The van der Waals surface area contributed by atoms with E-state index < -0.39 is 18.7 Å². The minimum atomic E-state index is -2.92. The molecule has 0 saturated carbocycles. The summed E-state index contributed by atoms with van der Waals surface area (Å²) in [5, 5.41) is 9.14. The van der Waals surface area contributed by atoms with Gasteiger partial charge in [-0.05, 0) is 55.7 Å². The van der Waals surface area contributed by atoms with Crippen molar-refractivity contribution in [2.24, 2.45) is 0 Å². The van der Waals surface area contributed by atoms with E-state index >= 15 is 0 Å². The predicted octanol–water partition coefficient (Wildman–Crippen LogP) is 3.39. The standard InChI is InChI=1S/C17H19F2NO4/c1-10-5-13(6-11(2)15(10)24-17(18)19)7-14(8-20)16(21)23-12(3)9-22-4/h5-7,12,17H,9H2,1-4H3/b14-7+/t12-/m1/s1. The molecule has 0 aliphatic carbocycles. The van der Waals surface area contributed by atoms with E-state index in [4.69, 9.17) is 14.7 Å². The van der Waals surface area contributed by atoms with Gasteiger partial charge in [0.15, 0.2) is 0 Å². The molecular weight excluding hydrogens is 320 g/mol. The van der Waals surface area contributed by atoms with Crippen molar-refractivity contribution in [2.75, 3.05) is 13.7 Å². The fraction of sp³-hybridized carbons (Fsp3) is 0.412. The first kappa shape index (κ1) is 19.6. The lowest BCUT2D eigenvalue weighted by Gasteiger charge is -2.13. The molecule has 0 amide bonds. The zero-order valence-electron chi connectivity index (χ0n) is 13.9. The Labute approximate surface area is 139 Å². The van der Waals surface area contributed by atoms with E-state index in [-0.39, 0.29) is 17.9 Å². The number of nitriles is 1. The summed E-state index contributed by atoms with van der Waals surface area (Å²) in [6, 6.07) is 4.88. The third-order valence-electron chi connectivity index (χ3n) is 3.05. The Balaban J connectivity index is 3.05. The number of hydrogen-bond acceptors (Lipinski definition) is 5. The first-order chi connectivity index (χ1) is 11.3. The van der Waals surface area contributed by atoms with Crippen LogP contribution in [0.1, 0.15) is 23.6 Å². The van der Waals surface area contributed by atoms with E-state index in [1.807, 2.05) is 0 Å². The Bertz CT molecular complexity index is 642. The monoisotopic (exact) mass is 339 g/mol. The summed E-state index contributed by atoms with van der Waals surface area (Å²) in [5.41, 5.74) is 1.26. The summed E-state index contributed by atoms with van der Waals surface area (Å²) < 4.78 is 39.2. The molecule has 0 aliphatic heterocycles. The van der Waals surface area contributed by atoms with Crippen molar-refractivity contribution in [3.8, 4) is 11.8 Å². The maximum absolute atomic E-state index is 12.4. The van der Waals surface area contributed by atoms with Crippen LogP contribution < -0.4 is 4.74 Å². The number of hydrogen-bond donors (Lipinski definition) is 0. The van der Waals surface area contributed by atoms with Crippen molar-refractivity contribution in [1.29, 1.82) is 5.26 Å². The first-order valence-corrected chi connectivity index (χ1v) is 7.16. The molecule has 1 rings (SSSR count). The second kappa shape index (κ2) is 8.99. The van der Waals surface area contributed by atoms with E-state index in [1.165, 1.54) is 13.2 Å². The SMILES string of the molecule is COC[C@@H](C)OC(=O)/C(C#N)=C/c1cc(C)c(OC(F)F)c(C)c1. The van der Waals surface area contributed by atoms with E-state index in [9.17, 15) is 13.6 Å². The Morgan fingerprint density at radius 1 is 1.33 bits per heavy atom. The molecule has 24 heavy (non-hydrogen) atoms. The molecule has 5 nitrogen and oxygen atoms in total. The number of rotatable bonds is 7. The number of carbonyl (C=O) groups excluding carboxylic acids is 1. The zero-order valence-corrected chi connectivity index (χ0v) is 13.9. The van der Waals surface area contributed by atoms with Crippen molar-refractivity contribution in [3.63, 3.8) is 0 Å². The number of esters is 1. The summed E-state index contributed by atoms with van der Waals surface area (Å²) in [7, 11) is 1.47. The number of aryl methyl sites for hydroxylation is 2. The molecule has 0 aliphatic rings. The molecule has 0 saturated heterocycles. The van der Waals surface area contributed by atoms with Crippen molar-refractivity contribution >= 4 is 12.0 Å². The number of methoxy groups -OCH3 is 1. The van der Waals surface area contributed by atoms with Gasteiger partial charge in [-0.15, -0.1) is 0 Å². The molecule has 1 aromatic rings. The van der Waals surface area contributed by atoms with Gasteiger partial charge in [-0.2, -0.15) is 14.0 Å². The second-order valence-corrected chi connectivity index (χ2v) is 5.20. The average Bonchev–Trinajstić information content (AvgIpc) is 2.48. The highest BCUT2D eigenvalue weighted by molar-refractivity contribution is 5.98. The topological polar surface area (TPSA) is 68.5 Å².